The van der Waals surface area contributed by atoms with Gasteiger partial charge in [0.1, 0.15) is 0 Å². The van der Waals surface area contributed by atoms with Gasteiger partial charge in [-0.05, 0) is 96.2 Å². The van der Waals surface area contributed by atoms with E-state index in [0.29, 0.717) is 0 Å². The molecule has 300 valence electrons. The predicted molar refractivity (Wildman–Crippen MR) is 251 cm³/mol. The van der Waals surface area contributed by atoms with Gasteiger partial charge >= 0.3 is 53.5 Å². The molecule has 0 fully saturated rings. The molecule has 0 radical (unpaired) electrons. The third-order valence-corrected chi connectivity index (χ3v) is 30.5. The van der Waals surface area contributed by atoms with Gasteiger partial charge in [-0.3, -0.25) is 0 Å². The molecule has 2 aromatic heterocycles. The molecule has 0 aliphatic rings. The Bertz CT molecular complexity index is 2510. The number of hydrogen-bond acceptors (Lipinski definition) is 2. The van der Waals surface area contributed by atoms with Crippen molar-refractivity contribution in [2.75, 3.05) is 0 Å². The largest absolute Gasteiger partial charge is 0.496 e. The molecule has 0 aliphatic carbocycles. The summed E-state index contributed by atoms with van der Waals surface area (Å²) in [6, 6.07) is 44.0. The molecule has 58 heavy (non-hydrogen) atoms. The molecule has 8 aromatic rings. The summed E-state index contributed by atoms with van der Waals surface area (Å²) < 4.78 is 11.7. The third-order valence-electron chi connectivity index (χ3n) is 10.7. The van der Waals surface area contributed by atoms with E-state index in [2.05, 4.69) is 166 Å². The van der Waals surface area contributed by atoms with Crippen molar-refractivity contribution < 1.29 is 26.8 Å². The van der Waals surface area contributed by atoms with Gasteiger partial charge < -0.3 is 8.83 Å². The fraction of sp³-hybridized carbons (Fsp3) is 0.269. The van der Waals surface area contributed by atoms with Crippen molar-refractivity contribution in [1.82, 2.24) is 0 Å². The molecular formula is C52H56Cl2O2SiZr-2. The van der Waals surface area contributed by atoms with Gasteiger partial charge in [0, 0.05) is 0 Å². The molecule has 6 aromatic carbocycles. The minimum absolute atomic E-state index is 0.171. The summed E-state index contributed by atoms with van der Waals surface area (Å²) in [5, 5.41) is 5.10. The first-order valence-corrected chi connectivity index (χ1v) is 32.6. The average molecular weight is 903 g/mol. The first-order valence-electron chi connectivity index (χ1n) is 20.0. The summed E-state index contributed by atoms with van der Waals surface area (Å²) in [6.07, 6.45) is 0. The van der Waals surface area contributed by atoms with Crippen LogP contribution in [0.5, 0.6) is 0 Å². The SMILES string of the molecule is C[Si](C)=[Zr]([Cl])[Cl].Cc1ccc(-c2cc3c(-c4ccc(C(C)(C)C)cc4)c(C)ccc3[cH-]2)o1.Cc1ccc(-c2cc3c(-c4ccc(C(C)(C)C)cc4)c(C)ccc3[cH-]2)o1. The summed E-state index contributed by atoms with van der Waals surface area (Å²) in [6.45, 7) is 26.2. The average Bonchev–Trinajstić information content (AvgIpc) is 3.98. The van der Waals surface area contributed by atoms with Crippen LogP contribution in [0.1, 0.15) is 75.3 Å². The maximum Gasteiger partial charge on any atom is 0.0896 e. The second kappa shape index (κ2) is 17.9. The van der Waals surface area contributed by atoms with E-state index in [-0.39, 0.29) is 16.3 Å². The Labute approximate surface area is 361 Å². The molecule has 2 nitrogen and oxygen atoms in total. The molecule has 0 unspecified atom stereocenters. The molecular weight excluding hydrogens is 847 g/mol. The van der Waals surface area contributed by atoms with E-state index in [1.165, 1.54) is 66.1 Å². The molecule has 6 heteroatoms. The summed E-state index contributed by atoms with van der Waals surface area (Å²) in [5.74, 6) is 3.76. The molecule has 0 spiro atoms. The van der Waals surface area contributed by atoms with Gasteiger partial charge in [-0.25, -0.2) is 0 Å². The van der Waals surface area contributed by atoms with Gasteiger partial charge in [0.15, 0.2) is 0 Å². The van der Waals surface area contributed by atoms with Crippen molar-refractivity contribution in [2.45, 2.75) is 93.2 Å². The molecule has 0 amide bonds. The van der Waals surface area contributed by atoms with Gasteiger partial charge in [-0.2, -0.15) is 0 Å². The standard InChI is InChI=1S/2C25H25O.C2H6Si.2ClH.Zr/c2*1-16-6-8-19-14-20(23-13-7-17(2)26-23)15-22(19)24(16)18-9-11-21(12-10-18)25(3,4)5;1-3-2;;;/h2*6-15H,1-5H3;1-2H3;2*1H;/q2*-1;;;;+2/p-2. The molecule has 0 bridgehead atoms. The van der Waals surface area contributed by atoms with Crippen molar-refractivity contribution >= 4 is 44.0 Å². The number of halogens is 2. The fourth-order valence-corrected chi connectivity index (χ4v) is 7.29. The number of furan rings is 2. The van der Waals surface area contributed by atoms with Gasteiger partial charge in [0.2, 0.25) is 0 Å². The van der Waals surface area contributed by atoms with E-state index < -0.39 is 18.0 Å². The van der Waals surface area contributed by atoms with Crippen LogP contribution in [-0.2, 0) is 28.8 Å². The van der Waals surface area contributed by atoms with Crippen LogP contribution in [-0.4, -0.2) is 5.43 Å². The van der Waals surface area contributed by atoms with Gasteiger partial charge in [-0.1, -0.05) is 124 Å². The quantitative estimate of drug-likeness (QED) is 0.130. The van der Waals surface area contributed by atoms with E-state index in [4.69, 9.17) is 25.9 Å². The van der Waals surface area contributed by atoms with E-state index in [1.54, 1.807) is 0 Å². The van der Waals surface area contributed by atoms with Crippen LogP contribution in [0.2, 0.25) is 13.1 Å². The van der Waals surface area contributed by atoms with Crippen molar-refractivity contribution in [2.24, 2.45) is 0 Å². The monoisotopic (exact) mass is 900 g/mol. The van der Waals surface area contributed by atoms with Crippen LogP contribution < -0.4 is 0 Å². The first-order chi connectivity index (χ1) is 27.3. The zero-order chi connectivity index (χ0) is 42.1. The number of benzene rings is 4. The minimum atomic E-state index is -1.65. The molecule has 2 heterocycles. The Balaban J connectivity index is 0.000000172. The minimum Gasteiger partial charge on any atom is -0.496 e. The van der Waals surface area contributed by atoms with Gasteiger partial charge in [-0.15, -0.1) is 57.9 Å². The predicted octanol–water partition coefficient (Wildman–Crippen LogP) is 17.0. The fourth-order valence-electron chi connectivity index (χ4n) is 7.29. The van der Waals surface area contributed by atoms with Crippen LogP contribution in [0.4, 0.5) is 0 Å². The maximum atomic E-state index is 5.83. The topological polar surface area (TPSA) is 26.3 Å². The Hall–Kier alpha value is -3.66. The van der Waals surface area contributed by atoms with Gasteiger partial charge in [0.05, 0.1) is 23.0 Å². The van der Waals surface area contributed by atoms with Crippen LogP contribution in [0, 0.1) is 27.7 Å². The summed E-state index contributed by atoms with van der Waals surface area (Å²) >= 11 is -1.65. The van der Waals surface area contributed by atoms with Crippen molar-refractivity contribution in [1.29, 1.82) is 0 Å². The Morgan fingerprint density at radius 2 is 0.845 bits per heavy atom. The van der Waals surface area contributed by atoms with E-state index in [9.17, 15) is 0 Å². The molecule has 0 saturated heterocycles. The molecule has 0 N–H and O–H groups in total. The van der Waals surface area contributed by atoms with Crippen LogP contribution in [0.15, 0.2) is 130 Å². The van der Waals surface area contributed by atoms with Crippen molar-refractivity contribution in [3.8, 4) is 44.9 Å². The van der Waals surface area contributed by atoms with Crippen LogP contribution >= 0.6 is 17.0 Å². The molecule has 0 saturated carbocycles. The first kappa shape index (κ1) is 43.9. The molecule has 8 rings (SSSR count). The Morgan fingerprint density at radius 1 is 0.500 bits per heavy atom. The van der Waals surface area contributed by atoms with Crippen molar-refractivity contribution in [3.63, 3.8) is 0 Å². The summed E-state index contributed by atoms with van der Waals surface area (Å²) in [4.78, 5) is 0. The van der Waals surface area contributed by atoms with Gasteiger partial charge in [0.25, 0.3) is 0 Å². The summed E-state index contributed by atoms with van der Waals surface area (Å²) in [5.41, 5.74) is 12.9. The van der Waals surface area contributed by atoms with E-state index in [1.807, 2.05) is 38.1 Å². The summed E-state index contributed by atoms with van der Waals surface area (Å²) in [7, 11) is 11.2. The number of hydrogen-bond donors (Lipinski definition) is 0. The Kier molecular flexibility index (Phi) is 13.6. The van der Waals surface area contributed by atoms with E-state index >= 15 is 0 Å². The third kappa shape index (κ3) is 10.2. The normalized spacial score (nSPS) is 11.6. The zero-order valence-corrected chi connectivity index (χ0v) is 41.1. The second-order valence-electron chi connectivity index (χ2n) is 17.7. The smallest absolute Gasteiger partial charge is 0.0896 e. The van der Waals surface area contributed by atoms with Crippen molar-refractivity contribution in [3.05, 3.63) is 155 Å². The maximum absolute atomic E-state index is 5.83. The zero-order valence-electron chi connectivity index (χ0n) is 36.1. The second-order valence-corrected chi connectivity index (χ2v) is 40.7. The number of aryl methyl sites for hydroxylation is 4. The Morgan fingerprint density at radius 3 is 1.12 bits per heavy atom. The molecule has 0 atom stereocenters. The molecule has 0 aliphatic heterocycles. The number of fused-ring (bicyclic) bond motifs is 2. The van der Waals surface area contributed by atoms with Crippen LogP contribution in [0.3, 0.4) is 0 Å². The van der Waals surface area contributed by atoms with E-state index in [0.717, 1.165) is 34.2 Å². The number of rotatable bonds is 4. The van der Waals surface area contributed by atoms with Crippen LogP contribution in [0.25, 0.3) is 66.4 Å².